The number of benzene rings is 1. The lowest BCUT2D eigenvalue weighted by molar-refractivity contribution is 0.0656. The van der Waals surface area contributed by atoms with Gasteiger partial charge in [-0.15, -0.1) is 0 Å². The van der Waals surface area contributed by atoms with Crippen LogP contribution in [0.1, 0.15) is 45.2 Å². The molecule has 2 rings (SSSR count). The Kier molecular flexibility index (Phi) is 4.89. The summed E-state index contributed by atoms with van der Waals surface area (Å²) < 4.78 is 11.5. The molecule has 0 spiro atoms. The van der Waals surface area contributed by atoms with Gasteiger partial charge in [-0.1, -0.05) is 13.0 Å². The van der Waals surface area contributed by atoms with E-state index < -0.39 is 0 Å². The molecule has 0 aromatic heterocycles. The molecule has 1 aliphatic rings. The third kappa shape index (κ3) is 3.64. The summed E-state index contributed by atoms with van der Waals surface area (Å²) in [5.41, 5.74) is 1.00. The average molecular weight is 279 g/mol. The summed E-state index contributed by atoms with van der Waals surface area (Å²) in [6.45, 7) is 7.71. The fourth-order valence-electron chi connectivity index (χ4n) is 2.59. The van der Waals surface area contributed by atoms with Gasteiger partial charge in [-0.25, -0.2) is 0 Å². The van der Waals surface area contributed by atoms with Gasteiger partial charge in [-0.2, -0.15) is 0 Å². The van der Waals surface area contributed by atoms with Gasteiger partial charge in [0.15, 0.2) is 0 Å². The van der Waals surface area contributed by atoms with Gasteiger partial charge in [-0.05, 0) is 32.9 Å². The lowest BCUT2D eigenvalue weighted by Crippen LogP contribution is -2.39. The SMILES string of the molecule is CCCNC1CC(C)(C)Oc2cc(OCCO)ccc21. The molecule has 1 aromatic carbocycles. The smallest absolute Gasteiger partial charge is 0.128 e. The van der Waals surface area contributed by atoms with E-state index in [2.05, 4.69) is 32.2 Å². The van der Waals surface area contributed by atoms with E-state index in [0.29, 0.717) is 12.6 Å². The topological polar surface area (TPSA) is 50.7 Å². The van der Waals surface area contributed by atoms with Crippen molar-refractivity contribution in [2.45, 2.75) is 45.3 Å². The molecule has 2 N–H and O–H groups in total. The number of hydrogen-bond acceptors (Lipinski definition) is 4. The fraction of sp³-hybridized carbons (Fsp3) is 0.625. The molecule has 0 saturated heterocycles. The van der Waals surface area contributed by atoms with Crippen molar-refractivity contribution in [1.82, 2.24) is 5.32 Å². The second kappa shape index (κ2) is 6.46. The van der Waals surface area contributed by atoms with Gasteiger partial charge in [0.25, 0.3) is 0 Å². The molecule has 1 unspecified atom stereocenters. The van der Waals surface area contributed by atoms with Gasteiger partial charge in [0.1, 0.15) is 23.7 Å². The zero-order valence-electron chi connectivity index (χ0n) is 12.6. The lowest BCUT2D eigenvalue weighted by atomic mass is 9.89. The first kappa shape index (κ1) is 15.1. The quantitative estimate of drug-likeness (QED) is 0.840. The van der Waals surface area contributed by atoms with E-state index in [1.807, 2.05) is 12.1 Å². The molecular weight excluding hydrogens is 254 g/mol. The van der Waals surface area contributed by atoms with Crippen molar-refractivity contribution in [3.05, 3.63) is 23.8 Å². The van der Waals surface area contributed by atoms with Crippen LogP contribution in [0.3, 0.4) is 0 Å². The third-order valence-electron chi connectivity index (χ3n) is 3.44. The molecular formula is C16H25NO3. The van der Waals surface area contributed by atoms with Crippen LogP contribution in [0.4, 0.5) is 0 Å². The van der Waals surface area contributed by atoms with E-state index in [9.17, 15) is 0 Å². The molecule has 4 nitrogen and oxygen atoms in total. The van der Waals surface area contributed by atoms with Crippen LogP contribution in [0.5, 0.6) is 11.5 Å². The van der Waals surface area contributed by atoms with E-state index in [0.717, 1.165) is 30.9 Å². The average Bonchev–Trinajstić information content (AvgIpc) is 2.40. The van der Waals surface area contributed by atoms with E-state index in [-0.39, 0.29) is 12.2 Å². The van der Waals surface area contributed by atoms with Crippen molar-refractivity contribution in [3.8, 4) is 11.5 Å². The highest BCUT2D eigenvalue weighted by molar-refractivity contribution is 5.44. The zero-order chi connectivity index (χ0) is 14.6. The van der Waals surface area contributed by atoms with Gasteiger partial charge in [0, 0.05) is 24.1 Å². The first-order chi connectivity index (χ1) is 9.55. The predicted octanol–water partition coefficient (Wildman–Crippen LogP) is 2.66. The normalized spacial score (nSPS) is 20.1. The molecule has 0 amide bonds. The maximum absolute atomic E-state index is 8.82. The second-order valence-corrected chi connectivity index (χ2v) is 5.84. The number of hydrogen-bond donors (Lipinski definition) is 2. The van der Waals surface area contributed by atoms with Crippen LogP contribution < -0.4 is 14.8 Å². The van der Waals surface area contributed by atoms with Crippen LogP contribution in [0.15, 0.2) is 18.2 Å². The first-order valence-electron chi connectivity index (χ1n) is 7.36. The van der Waals surface area contributed by atoms with Crippen molar-refractivity contribution in [2.24, 2.45) is 0 Å². The van der Waals surface area contributed by atoms with Crippen molar-refractivity contribution < 1.29 is 14.6 Å². The molecule has 1 atom stereocenters. The number of aliphatic hydroxyl groups excluding tert-OH is 1. The Morgan fingerprint density at radius 2 is 2.25 bits per heavy atom. The molecule has 1 heterocycles. The molecule has 0 aliphatic carbocycles. The molecule has 0 bridgehead atoms. The van der Waals surface area contributed by atoms with E-state index in [1.165, 1.54) is 5.56 Å². The van der Waals surface area contributed by atoms with Crippen LogP contribution in [0.2, 0.25) is 0 Å². The first-order valence-corrected chi connectivity index (χ1v) is 7.36. The summed E-state index contributed by atoms with van der Waals surface area (Å²) >= 11 is 0. The third-order valence-corrected chi connectivity index (χ3v) is 3.44. The Labute approximate surface area is 121 Å². The van der Waals surface area contributed by atoms with Crippen LogP contribution >= 0.6 is 0 Å². The molecule has 112 valence electrons. The number of nitrogens with one attached hydrogen (secondary N) is 1. The summed E-state index contributed by atoms with van der Waals surface area (Å²) in [5.74, 6) is 1.62. The molecule has 0 saturated carbocycles. The second-order valence-electron chi connectivity index (χ2n) is 5.84. The van der Waals surface area contributed by atoms with Crippen LogP contribution in [-0.4, -0.2) is 30.5 Å². The van der Waals surface area contributed by atoms with Crippen LogP contribution in [-0.2, 0) is 0 Å². The van der Waals surface area contributed by atoms with Gasteiger partial charge in [0.2, 0.25) is 0 Å². The molecule has 0 fully saturated rings. The number of fused-ring (bicyclic) bond motifs is 1. The minimum atomic E-state index is -0.186. The summed E-state index contributed by atoms with van der Waals surface area (Å²) in [7, 11) is 0. The summed E-state index contributed by atoms with van der Waals surface area (Å²) in [4.78, 5) is 0. The maximum atomic E-state index is 8.82. The maximum Gasteiger partial charge on any atom is 0.128 e. The van der Waals surface area contributed by atoms with Crippen molar-refractivity contribution >= 4 is 0 Å². The van der Waals surface area contributed by atoms with Gasteiger partial charge < -0.3 is 19.9 Å². The highest BCUT2D eigenvalue weighted by atomic mass is 16.5. The molecule has 0 radical (unpaired) electrons. The summed E-state index contributed by atoms with van der Waals surface area (Å²) in [6, 6.07) is 6.24. The molecule has 1 aromatic rings. The Balaban J connectivity index is 2.22. The Morgan fingerprint density at radius 1 is 1.45 bits per heavy atom. The standard InChI is InChI=1S/C16H25NO3/c1-4-7-17-14-11-16(2,3)20-15-10-12(19-9-8-18)5-6-13(14)15/h5-6,10,14,17-18H,4,7-9,11H2,1-3H3. The monoisotopic (exact) mass is 279 g/mol. The van der Waals surface area contributed by atoms with Crippen molar-refractivity contribution in [1.29, 1.82) is 0 Å². The largest absolute Gasteiger partial charge is 0.491 e. The Bertz CT molecular complexity index is 445. The van der Waals surface area contributed by atoms with Gasteiger partial charge in [0.05, 0.1) is 6.61 Å². The van der Waals surface area contributed by atoms with Crippen LogP contribution in [0, 0.1) is 0 Å². The number of ether oxygens (including phenoxy) is 2. The predicted molar refractivity (Wildman–Crippen MR) is 79.4 cm³/mol. The van der Waals surface area contributed by atoms with Crippen molar-refractivity contribution in [3.63, 3.8) is 0 Å². The van der Waals surface area contributed by atoms with Gasteiger partial charge in [-0.3, -0.25) is 0 Å². The number of aliphatic hydroxyl groups is 1. The fourth-order valence-corrected chi connectivity index (χ4v) is 2.59. The zero-order valence-corrected chi connectivity index (χ0v) is 12.6. The van der Waals surface area contributed by atoms with Crippen molar-refractivity contribution in [2.75, 3.05) is 19.8 Å². The Morgan fingerprint density at radius 3 is 2.95 bits per heavy atom. The highest BCUT2D eigenvalue weighted by Gasteiger charge is 2.33. The van der Waals surface area contributed by atoms with E-state index in [1.54, 1.807) is 0 Å². The van der Waals surface area contributed by atoms with E-state index >= 15 is 0 Å². The minimum Gasteiger partial charge on any atom is -0.491 e. The Hall–Kier alpha value is -1.26. The summed E-state index contributed by atoms with van der Waals surface area (Å²) in [6.07, 6.45) is 2.07. The van der Waals surface area contributed by atoms with Gasteiger partial charge >= 0.3 is 0 Å². The molecule has 20 heavy (non-hydrogen) atoms. The van der Waals surface area contributed by atoms with E-state index in [4.69, 9.17) is 14.6 Å². The molecule has 1 aliphatic heterocycles. The molecule has 4 heteroatoms. The van der Waals surface area contributed by atoms with Crippen LogP contribution in [0.25, 0.3) is 0 Å². The lowest BCUT2D eigenvalue weighted by Gasteiger charge is -2.38. The minimum absolute atomic E-state index is 0.0180. The highest BCUT2D eigenvalue weighted by Crippen LogP contribution is 2.41. The summed E-state index contributed by atoms with van der Waals surface area (Å²) in [5, 5.41) is 12.4. The number of rotatable bonds is 6.